The molecule has 264 valence electrons. The lowest BCUT2D eigenvalue weighted by Gasteiger charge is -2.31. The molecular formula is C52H46N2. The molecule has 0 aliphatic carbocycles. The van der Waals surface area contributed by atoms with Gasteiger partial charge in [-0.15, -0.1) is 0 Å². The van der Waals surface area contributed by atoms with Crippen LogP contribution in [0.5, 0.6) is 0 Å². The van der Waals surface area contributed by atoms with Crippen LogP contribution in [0.4, 0.5) is 34.1 Å². The molecule has 0 amide bonds. The SMILES string of the molecule is CCc1ccc(-c2ccc(N(c3ccc(C)cc3)c3cc(N(c4ccc(C)cc4)c4ccc(-c5ccc(CC)cc5)cc4)c4ccccc4c3)cc2)cc1. The highest BCUT2D eigenvalue weighted by Gasteiger charge is 2.20. The van der Waals surface area contributed by atoms with E-state index in [1.54, 1.807) is 0 Å². The van der Waals surface area contributed by atoms with E-state index in [2.05, 4.69) is 219 Å². The van der Waals surface area contributed by atoms with Crippen molar-refractivity contribution in [1.82, 2.24) is 0 Å². The van der Waals surface area contributed by atoms with Gasteiger partial charge in [-0.05, 0) is 126 Å². The van der Waals surface area contributed by atoms with Gasteiger partial charge in [-0.1, -0.05) is 146 Å². The van der Waals surface area contributed by atoms with Crippen LogP contribution < -0.4 is 9.80 Å². The number of nitrogens with zero attached hydrogens (tertiary/aromatic N) is 2. The van der Waals surface area contributed by atoms with Crippen LogP contribution in [0.2, 0.25) is 0 Å². The molecule has 0 atom stereocenters. The van der Waals surface area contributed by atoms with Crippen molar-refractivity contribution in [3.63, 3.8) is 0 Å². The summed E-state index contributed by atoms with van der Waals surface area (Å²) in [7, 11) is 0. The molecule has 0 radical (unpaired) electrons. The van der Waals surface area contributed by atoms with E-state index in [1.807, 2.05) is 0 Å². The van der Waals surface area contributed by atoms with Gasteiger partial charge in [0.15, 0.2) is 0 Å². The van der Waals surface area contributed by atoms with Gasteiger partial charge < -0.3 is 9.80 Å². The molecule has 54 heavy (non-hydrogen) atoms. The van der Waals surface area contributed by atoms with Gasteiger partial charge in [-0.25, -0.2) is 0 Å². The van der Waals surface area contributed by atoms with Gasteiger partial charge >= 0.3 is 0 Å². The summed E-state index contributed by atoms with van der Waals surface area (Å²) in [5, 5.41) is 2.37. The first-order valence-corrected chi connectivity index (χ1v) is 19.1. The summed E-state index contributed by atoms with van der Waals surface area (Å²) >= 11 is 0. The van der Waals surface area contributed by atoms with E-state index in [-0.39, 0.29) is 0 Å². The van der Waals surface area contributed by atoms with Crippen molar-refractivity contribution in [2.24, 2.45) is 0 Å². The Kier molecular flexibility index (Phi) is 9.83. The Morgan fingerprint density at radius 3 is 1.15 bits per heavy atom. The van der Waals surface area contributed by atoms with Gasteiger partial charge in [0, 0.05) is 33.8 Å². The second kappa shape index (κ2) is 15.3. The highest BCUT2D eigenvalue weighted by molar-refractivity contribution is 6.02. The van der Waals surface area contributed by atoms with Crippen LogP contribution in [-0.4, -0.2) is 0 Å². The van der Waals surface area contributed by atoms with Gasteiger partial charge in [-0.3, -0.25) is 0 Å². The van der Waals surface area contributed by atoms with Crippen LogP contribution in [0.1, 0.15) is 36.1 Å². The molecule has 8 aromatic rings. The average Bonchev–Trinajstić information content (AvgIpc) is 3.23. The average molecular weight is 699 g/mol. The van der Waals surface area contributed by atoms with Crippen molar-refractivity contribution in [3.05, 3.63) is 204 Å². The fraction of sp³-hybridized carbons (Fsp3) is 0.115. The number of benzene rings is 8. The van der Waals surface area contributed by atoms with Crippen molar-refractivity contribution in [2.75, 3.05) is 9.80 Å². The van der Waals surface area contributed by atoms with Gasteiger partial charge in [0.2, 0.25) is 0 Å². The zero-order valence-corrected chi connectivity index (χ0v) is 31.6. The highest BCUT2D eigenvalue weighted by Crippen LogP contribution is 2.45. The van der Waals surface area contributed by atoms with Crippen LogP contribution in [0.15, 0.2) is 182 Å². The molecule has 0 aliphatic heterocycles. The Morgan fingerprint density at radius 2 is 0.722 bits per heavy atom. The van der Waals surface area contributed by atoms with Crippen molar-refractivity contribution in [3.8, 4) is 22.3 Å². The largest absolute Gasteiger partial charge is 0.310 e. The maximum atomic E-state index is 2.41. The molecule has 0 aromatic heterocycles. The minimum absolute atomic E-state index is 1.04. The molecule has 8 rings (SSSR count). The Morgan fingerprint density at radius 1 is 0.352 bits per heavy atom. The number of rotatable bonds is 10. The lowest BCUT2D eigenvalue weighted by atomic mass is 10.0. The van der Waals surface area contributed by atoms with E-state index in [0.29, 0.717) is 0 Å². The third-order valence-corrected chi connectivity index (χ3v) is 10.6. The third-order valence-electron chi connectivity index (χ3n) is 10.6. The molecule has 0 saturated heterocycles. The summed E-state index contributed by atoms with van der Waals surface area (Å²) < 4.78 is 0. The molecule has 0 unspecified atom stereocenters. The first kappa shape index (κ1) is 34.7. The predicted molar refractivity (Wildman–Crippen MR) is 232 cm³/mol. The van der Waals surface area contributed by atoms with Crippen molar-refractivity contribution < 1.29 is 0 Å². The zero-order chi connectivity index (χ0) is 37.0. The fourth-order valence-corrected chi connectivity index (χ4v) is 7.32. The van der Waals surface area contributed by atoms with Crippen LogP contribution in [-0.2, 0) is 12.8 Å². The number of fused-ring (bicyclic) bond motifs is 1. The highest BCUT2D eigenvalue weighted by atomic mass is 15.2. The summed E-state index contributed by atoms with van der Waals surface area (Å²) in [6.07, 6.45) is 2.08. The van der Waals surface area contributed by atoms with E-state index in [9.17, 15) is 0 Å². The number of hydrogen-bond acceptors (Lipinski definition) is 2. The number of hydrogen-bond donors (Lipinski definition) is 0. The minimum Gasteiger partial charge on any atom is -0.310 e. The molecule has 2 nitrogen and oxygen atoms in total. The fourth-order valence-electron chi connectivity index (χ4n) is 7.32. The first-order chi connectivity index (χ1) is 26.5. The van der Waals surface area contributed by atoms with Gasteiger partial charge in [0.05, 0.1) is 5.69 Å². The Hall–Kier alpha value is -6.38. The van der Waals surface area contributed by atoms with Crippen LogP contribution in [0, 0.1) is 13.8 Å². The van der Waals surface area contributed by atoms with E-state index >= 15 is 0 Å². The lowest BCUT2D eigenvalue weighted by molar-refractivity contribution is 1.14. The monoisotopic (exact) mass is 698 g/mol. The quantitative estimate of drug-likeness (QED) is 0.140. The number of anilines is 6. The normalized spacial score (nSPS) is 11.1. The van der Waals surface area contributed by atoms with Crippen LogP contribution >= 0.6 is 0 Å². The first-order valence-electron chi connectivity index (χ1n) is 19.1. The molecule has 0 N–H and O–H groups in total. The summed E-state index contributed by atoms with van der Waals surface area (Å²) in [5.74, 6) is 0. The van der Waals surface area contributed by atoms with Gasteiger partial charge in [-0.2, -0.15) is 0 Å². The molecular weight excluding hydrogens is 653 g/mol. The number of aryl methyl sites for hydroxylation is 4. The Labute approximate surface area is 320 Å². The molecule has 0 heterocycles. The summed E-state index contributed by atoms with van der Waals surface area (Å²) in [6.45, 7) is 8.69. The van der Waals surface area contributed by atoms with E-state index in [0.717, 1.165) is 47.0 Å². The lowest BCUT2D eigenvalue weighted by Crippen LogP contribution is -2.14. The molecule has 2 heteroatoms. The molecule has 0 spiro atoms. The zero-order valence-electron chi connectivity index (χ0n) is 31.6. The third kappa shape index (κ3) is 7.16. The van der Waals surface area contributed by atoms with E-state index in [4.69, 9.17) is 0 Å². The molecule has 0 saturated carbocycles. The van der Waals surface area contributed by atoms with E-state index < -0.39 is 0 Å². The summed E-state index contributed by atoms with van der Waals surface area (Å²) in [5.41, 5.74) is 16.7. The van der Waals surface area contributed by atoms with Crippen molar-refractivity contribution in [1.29, 1.82) is 0 Å². The smallest absolute Gasteiger partial charge is 0.0560 e. The minimum atomic E-state index is 1.04. The van der Waals surface area contributed by atoms with E-state index in [1.165, 1.54) is 55.3 Å². The van der Waals surface area contributed by atoms with Gasteiger partial charge in [0.1, 0.15) is 0 Å². The standard InChI is InChI=1S/C52H46N2/c1-5-39-15-19-41(20-16-39)43-23-31-47(32-24-43)53(46-27-11-37(3)12-28-46)50-35-45-9-7-8-10-51(45)52(36-50)54(48-29-13-38(4)14-30-48)49-33-25-44(26-34-49)42-21-17-40(6-2)18-22-42/h7-36H,5-6H2,1-4H3. The van der Waals surface area contributed by atoms with Gasteiger partial charge in [0.25, 0.3) is 0 Å². The van der Waals surface area contributed by atoms with Crippen molar-refractivity contribution in [2.45, 2.75) is 40.5 Å². The molecule has 0 bridgehead atoms. The second-order valence-corrected chi connectivity index (χ2v) is 14.2. The Bertz CT molecular complexity index is 2480. The summed E-state index contributed by atoms with van der Waals surface area (Å²) in [4.78, 5) is 4.79. The molecule has 0 fully saturated rings. The topological polar surface area (TPSA) is 6.48 Å². The van der Waals surface area contributed by atoms with Crippen molar-refractivity contribution >= 4 is 44.9 Å². The molecule has 8 aromatic carbocycles. The van der Waals surface area contributed by atoms with Crippen LogP contribution in [0.3, 0.4) is 0 Å². The molecule has 0 aliphatic rings. The maximum Gasteiger partial charge on any atom is 0.0560 e. The second-order valence-electron chi connectivity index (χ2n) is 14.2. The van der Waals surface area contributed by atoms with Crippen LogP contribution in [0.25, 0.3) is 33.0 Å². The Balaban J connectivity index is 1.28. The predicted octanol–water partition coefficient (Wildman–Crippen LogP) is 14.9. The maximum absolute atomic E-state index is 2.41. The summed E-state index contributed by atoms with van der Waals surface area (Å²) in [6, 6.07) is 67.0.